The van der Waals surface area contributed by atoms with Crippen LogP contribution in [0, 0.1) is 0 Å². The van der Waals surface area contributed by atoms with Crippen molar-refractivity contribution in [2.75, 3.05) is 0 Å². The Bertz CT molecular complexity index is 8.00. The molecule has 0 aromatic heterocycles. The summed E-state index contributed by atoms with van der Waals surface area (Å²) in [6, 6.07) is 0. The second kappa shape index (κ2) is 27.3. The van der Waals surface area contributed by atoms with Gasteiger partial charge in [0.25, 0.3) is 0 Å². The zero-order valence-electron chi connectivity index (χ0n) is 1.44. The first-order valence-corrected chi connectivity index (χ1v) is 0.561. The second-order valence-electron chi connectivity index (χ2n) is 0. The normalized spacial score (nSPS) is 1.25. The van der Waals surface area contributed by atoms with Crippen molar-refractivity contribution in [1.29, 1.82) is 0 Å². The molecule has 0 saturated carbocycles. The van der Waals surface area contributed by atoms with E-state index in [4.69, 9.17) is 3.87 Å². The summed E-state index contributed by atoms with van der Waals surface area (Å²) in [7, 11) is 0. The van der Waals surface area contributed by atoms with Crippen molar-refractivity contribution < 1.29 is 53.1 Å². The van der Waals surface area contributed by atoms with Crippen LogP contribution in [-0.4, -0.2) is 0 Å². The fourth-order valence-electron chi connectivity index (χ4n) is 0. The van der Waals surface area contributed by atoms with Crippen molar-refractivity contribution in [2.24, 2.45) is 0 Å². The molecule has 0 rings (SSSR count). The molecule has 0 saturated heterocycles. The van der Waals surface area contributed by atoms with Crippen molar-refractivity contribution in [1.82, 2.24) is 0 Å². The molecular weight excluding hydrogens is 189 g/mol. The Labute approximate surface area is 53.1 Å². The molecule has 0 fully saturated rings. The Hall–Kier alpha value is 1.32. The molecule has 0 aromatic carbocycles. The molecule has 4 heteroatoms. The summed E-state index contributed by atoms with van der Waals surface area (Å²) < 4.78 is 7.94. The van der Waals surface area contributed by atoms with Gasteiger partial charge in [0.1, 0.15) is 0 Å². The molecule has 32 valence electrons. The Morgan fingerprint density at radius 1 is 1.25 bits per heavy atom. The van der Waals surface area contributed by atoms with Gasteiger partial charge in [-0.2, -0.15) is 0 Å². The van der Waals surface area contributed by atoms with Crippen LogP contribution in [0.25, 0.3) is 0 Å². The van der Waals surface area contributed by atoms with Gasteiger partial charge >= 0.3 is 19.5 Å². The summed E-state index contributed by atoms with van der Waals surface area (Å²) in [6.07, 6.45) is 0. The fourth-order valence-corrected chi connectivity index (χ4v) is 0. The summed E-state index contributed by atoms with van der Waals surface area (Å²) in [4.78, 5) is 0. The Kier molecular flexibility index (Phi) is 126. The Morgan fingerprint density at radius 2 is 1.25 bits per heavy atom. The molecule has 1 nitrogen and oxygen atoms in total. The fraction of sp³-hybridized carbons (Fsp3) is 0. The van der Waals surface area contributed by atoms with Gasteiger partial charge in [0, 0.05) is 33.6 Å². The molecule has 0 atom stereocenters. The zero-order valence-corrected chi connectivity index (χ0v) is 4.64. The van der Waals surface area contributed by atoms with Crippen LogP contribution >= 0.6 is 0 Å². The summed E-state index contributed by atoms with van der Waals surface area (Å²) in [6.45, 7) is 0. The monoisotopic (exact) mass is 188 g/mol. The van der Waals surface area contributed by atoms with Crippen molar-refractivity contribution in [3.63, 3.8) is 0 Å². The third-order valence-corrected chi connectivity index (χ3v) is 0. The van der Waals surface area contributed by atoms with Gasteiger partial charge in [-0.05, 0) is 0 Å². The molecule has 0 aromatic rings. The number of rotatable bonds is 0. The molecule has 0 N–H and O–H groups in total. The molecule has 0 aliphatic heterocycles. The predicted octanol–water partition coefficient (Wildman–Crippen LogP) is -0.126. The van der Waals surface area contributed by atoms with Crippen molar-refractivity contribution in [2.45, 2.75) is 0 Å². The van der Waals surface area contributed by atoms with Gasteiger partial charge in [-0.3, -0.25) is 0 Å². The minimum absolute atomic E-state index is 0. The first kappa shape index (κ1) is 18.4. The second-order valence-corrected chi connectivity index (χ2v) is 0. The van der Waals surface area contributed by atoms with Crippen LogP contribution < -0.4 is 0 Å². The van der Waals surface area contributed by atoms with Crippen molar-refractivity contribution in [3.05, 3.63) is 0 Å². The Balaban J connectivity index is -0.00000000500. The van der Waals surface area contributed by atoms with Crippen LogP contribution in [-0.2, 0) is 53.1 Å². The van der Waals surface area contributed by atoms with Gasteiger partial charge in [-0.1, -0.05) is 0 Å². The molecular formula is CoMnNiO. The summed E-state index contributed by atoms with van der Waals surface area (Å²) >= 11 is 2.31. The Morgan fingerprint density at radius 3 is 1.25 bits per heavy atom. The average Bonchev–Trinajstić information content (AvgIpc) is 1.00. The molecule has 1 radical (unpaired) electrons. The van der Waals surface area contributed by atoms with Crippen molar-refractivity contribution in [3.8, 4) is 0 Å². The van der Waals surface area contributed by atoms with E-state index in [-0.39, 0.29) is 33.6 Å². The van der Waals surface area contributed by atoms with Gasteiger partial charge in [-0.15, -0.1) is 0 Å². The summed E-state index contributed by atoms with van der Waals surface area (Å²) in [5.41, 5.74) is 0. The van der Waals surface area contributed by atoms with Gasteiger partial charge in [-0.25, -0.2) is 0 Å². The van der Waals surface area contributed by atoms with E-state index in [9.17, 15) is 0 Å². The van der Waals surface area contributed by atoms with Gasteiger partial charge in [0.05, 0.1) is 0 Å². The molecule has 0 heterocycles. The number of hydrogen-bond acceptors (Lipinski definition) is 1. The van der Waals surface area contributed by atoms with Gasteiger partial charge in [0.15, 0.2) is 0 Å². The van der Waals surface area contributed by atoms with Crippen LogP contribution in [0.4, 0.5) is 0 Å². The third kappa shape index (κ3) is 10.3. The van der Waals surface area contributed by atoms with Crippen LogP contribution in [0.1, 0.15) is 0 Å². The summed E-state index contributed by atoms with van der Waals surface area (Å²) in [5.74, 6) is 0. The van der Waals surface area contributed by atoms with E-state index in [0.29, 0.717) is 0 Å². The quantitative estimate of drug-likeness (QED) is 0.484. The standard InChI is InChI=1S/Co.Mn.Ni.O. The first-order chi connectivity index (χ1) is 1.00. The van der Waals surface area contributed by atoms with E-state index in [1.165, 1.54) is 0 Å². The van der Waals surface area contributed by atoms with E-state index in [1.807, 2.05) is 0 Å². The topological polar surface area (TPSA) is 17.1 Å². The van der Waals surface area contributed by atoms with Gasteiger partial charge < -0.3 is 0 Å². The SMILES string of the molecule is [Mn].[Ni].[O]=[Co]. The number of hydrogen-bond donors (Lipinski definition) is 0. The van der Waals surface area contributed by atoms with E-state index in [2.05, 4.69) is 15.7 Å². The molecule has 4 heavy (non-hydrogen) atoms. The molecule has 0 spiro atoms. The van der Waals surface area contributed by atoms with E-state index < -0.39 is 0 Å². The average molecular weight is 189 g/mol. The maximum absolute atomic E-state index is 7.94. The molecule has 0 aliphatic rings. The predicted molar refractivity (Wildman–Crippen MR) is 0.686 cm³/mol. The minimum atomic E-state index is 0. The summed E-state index contributed by atoms with van der Waals surface area (Å²) in [5, 5.41) is 0. The van der Waals surface area contributed by atoms with E-state index in [1.54, 1.807) is 0 Å². The zero-order chi connectivity index (χ0) is 2.00. The van der Waals surface area contributed by atoms with E-state index >= 15 is 0 Å². The van der Waals surface area contributed by atoms with Crippen LogP contribution in [0.3, 0.4) is 0 Å². The van der Waals surface area contributed by atoms with Crippen LogP contribution in [0.15, 0.2) is 0 Å². The van der Waals surface area contributed by atoms with Crippen LogP contribution in [0.2, 0.25) is 0 Å². The molecule has 0 aliphatic carbocycles. The van der Waals surface area contributed by atoms with Gasteiger partial charge in [0.2, 0.25) is 0 Å². The molecule has 0 amide bonds. The molecule has 0 bridgehead atoms. The maximum atomic E-state index is 7.94. The third-order valence-electron chi connectivity index (χ3n) is 0. The van der Waals surface area contributed by atoms with E-state index in [0.717, 1.165) is 0 Å². The molecule has 0 unspecified atom stereocenters. The van der Waals surface area contributed by atoms with Crippen molar-refractivity contribution >= 4 is 0 Å². The van der Waals surface area contributed by atoms with Crippen LogP contribution in [0.5, 0.6) is 0 Å². The first-order valence-electron chi connectivity index (χ1n) is 0.136.